The maximum Gasteiger partial charge on any atom is 0.0752 e. The second-order valence-electron chi connectivity index (χ2n) is 5.78. The molecule has 0 radical (unpaired) electrons. The van der Waals surface area contributed by atoms with Crippen LogP contribution in [0.2, 0.25) is 0 Å². The van der Waals surface area contributed by atoms with E-state index in [1.807, 2.05) is 10.9 Å². The Hall–Kier alpha value is -0.610. The van der Waals surface area contributed by atoms with Crippen LogP contribution in [0.1, 0.15) is 52.8 Å². The fraction of sp³-hybridized carbons (Fsp3) is 0.643. The van der Waals surface area contributed by atoms with Gasteiger partial charge in [-0.15, -0.1) is 0 Å². The Balaban J connectivity index is 2.54. The van der Waals surface area contributed by atoms with Crippen molar-refractivity contribution < 1.29 is 0 Å². The van der Waals surface area contributed by atoms with E-state index >= 15 is 0 Å². The van der Waals surface area contributed by atoms with Crippen molar-refractivity contribution in [3.63, 3.8) is 0 Å². The van der Waals surface area contributed by atoms with Gasteiger partial charge in [-0.3, -0.25) is 4.68 Å². The summed E-state index contributed by atoms with van der Waals surface area (Å²) in [5.74, 6) is 0. The van der Waals surface area contributed by atoms with Crippen molar-refractivity contribution >= 4 is 22.0 Å². The van der Waals surface area contributed by atoms with E-state index in [1.165, 1.54) is 0 Å². The lowest BCUT2D eigenvalue weighted by Crippen LogP contribution is -2.36. The molecule has 0 amide bonds. The highest BCUT2D eigenvalue weighted by Gasteiger charge is 2.08. The van der Waals surface area contributed by atoms with Gasteiger partial charge in [-0.05, 0) is 69.6 Å². The van der Waals surface area contributed by atoms with E-state index in [9.17, 15) is 0 Å². The highest BCUT2D eigenvalue weighted by molar-refractivity contribution is 9.10. The first kappa shape index (κ1) is 15.4. The number of aromatic nitrogens is 2. The molecule has 0 spiro atoms. The van der Waals surface area contributed by atoms with Gasteiger partial charge in [0.05, 0.1) is 16.4 Å². The van der Waals surface area contributed by atoms with Gasteiger partial charge in [0.15, 0.2) is 0 Å². The Bertz CT molecular complexity index is 400. The summed E-state index contributed by atoms with van der Waals surface area (Å²) in [4.78, 5) is 0. The molecule has 102 valence electrons. The molecule has 0 aliphatic rings. The lowest BCUT2D eigenvalue weighted by molar-refractivity contribution is 0.431. The molecule has 0 saturated carbocycles. The zero-order valence-electron chi connectivity index (χ0n) is 12.0. The van der Waals surface area contributed by atoms with E-state index in [0.29, 0.717) is 6.04 Å². The van der Waals surface area contributed by atoms with Gasteiger partial charge in [0.25, 0.3) is 0 Å². The average Bonchev–Trinajstić information content (AvgIpc) is 2.58. The Morgan fingerprint density at radius 2 is 2.11 bits per heavy atom. The van der Waals surface area contributed by atoms with Crippen molar-refractivity contribution in [3.05, 3.63) is 22.4 Å². The Kier molecular flexibility index (Phi) is 5.60. The van der Waals surface area contributed by atoms with Crippen LogP contribution in [0.25, 0.3) is 6.08 Å². The molecule has 0 aliphatic carbocycles. The highest BCUT2D eigenvalue weighted by atomic mass is 79.9. The molecule has 0 aliphatic heterocycles. The largest absolute Gasteiger partial charge is 0.312 e. The van der Waals surface area contributed by atoms with Crippen molar-refractivity contribution in [1.82, 2.24) is 15.1 Å². The third kappa shape index (κ3) is 4.94. The van der Waals surface area contributed by atoms with Crippen LogP contribution in [0.4, 0.5) is 0 Å². The van der Waals surface area contributed by atoms with Crippen LogP contribution in [0.3, 0.4) is 0 Å². The smallest absolute Gasteiger partial charge is 0.0752 e. The fourth-order valence-corrected chi connectivity index (χ4v) is 2.05. The SMILES string of the molecule is CC(C)n1ncc(Br)c1/C=C/CCNC(C)(C)C. The zero-order valence-corrected chi connectivity index (χ0v) is 13.6. The van der Waals surface area contributed by atoms with E-state index in [1.54, 1.807) is 0 Å². The molecule has 0 fully saturated rings. The monoisotopic (exact) mass is 313 g/mol. The molecule has 3 nitrogen and oxygen atoms in total. The summed E-state index contributed by atoms with van der Waals surface area (Å²) in [6.45, 7) is 11.8. The predicted molar refractivity (Wildman–Crippen MR) is 81.7 cm³/mol. The minimum Gasteiger partial charge on any atom is -0.312 e. The van der Waals surface area contributed by atoms with E-state index in [2.05, 4.69) is 73.1 Å². The number of halogens is 1. The van der Waals surface area contributed by atoms with E-state index in [4.69, 9.17) is 0 Å². The molecule has 0 bridgehead atoms. The van der Waals surface area contributed by atoms with Crippen molar-refractivity contribution in [2.75, 3.05) is 6.54 Å². The maximum atomic E-state index is 4.36. The highest BCUT2D eigenvalue weighted by Crippen LogP contribution is 2.20. The summed E-state index contributed by atoms with van der Waals surface area (Å²) in [6.07, 6.45) is 7.21. The minimum atomic E-state index is 0.189. The Morgan fingerprint density at radius 1 is 1.44 bits per heavy atom. The molecule has 1 heterocycles. The number of rotatable bonds is 5. The summed E-state index contributed by atoms with van der Waals surface area (Å²) in [5, 5.41) is 7.82. The average molecular weight is 314 g/mol. The van der Waals surface area contributed by atoms with Gasteiger partial charge in [-0.25, -0.2) is 0 Å². The Morgan fingerprint density at radius 3 is 2.67 bits per heavy atom. The summed E-state index contributed by atoms with van der Waals surface area (Å²) in [6, 6.07) is 0.378. The number of hydrogen-bond donors (Lipinski definition) is 1. The molecular weight excluding hydrogens is 290 g/mol. The topological polar surface area (TPSA) is 29.9 Å². The van der Waals surface area contributed by atoms with Crippen LogP contribution < -0.4 is 5.32 Å². The van der Waals surface area contributed by atoms with Gasteiger partial charge in [-0.1, -0.05) is 6.08 Å². The summed E-state index contributed by atoms with van der Waals surface area (Å²) in [7, 11) is 0. The molecule has 0 saturated heterocycles. The normalized spacial score (nSPS) is 12.8. The third-order valence-corrected chi connectivity index (χ3v) is 3.13. The van der Waals surface area contributed by atoms with Crippen molar-refractivity contribution in [3.8, 4) is 0 Å². The second-order valence-corrected chi connectivity index (χ2v) is 6.64. The van der Waals surface area contributed by atoms with E-state index < -0.39 is 0 Å². The molecule has 1 aromatic heterocycles. The van der Waals surface area contributed by atoms with Crippen molar-refractivity contribution in [2.24, 2.45) is 0 Å². The molecule has 4 heteroatoms. The standard InChI is InChI=1S/C14H24BrN3/c1-11(2)18-13(12(15)10-17-18)8-6-7-9-16-14(3,4)5/h6,8,10-11,16H,7,9H2,1-5H3/b8-6+. The molecule has 0 aromatic carbocycles. The number of hydrogen-bond acceptors (Lipinski definition) is 2. The second kappa shape index (κ2) is 6.53. The molecule has 1 N–H and O–H groups in total. The quantitative estimate of drug-likeness (QED) is 0.832. The van der Waals surface area contributed by atoms with Crippen LogP contribution in [-0.4, -0.2) is 21.9 Å². The summed E-state index contributed by atoms with van der Waals surface area (Å²) >= 11 is 3.54. The van der Waals surface area contributed by atoms with Crippen LogP contribution in [0.15, 0.2) is 16.7 Å². The van der Waals surface area contributed by atoms with Crippen LogP contribution in [0.5, 0.6) is 0 Å². The summed E-state index contributed by atoms with van der Waals surface area (Å²) in [5.41, 5.74) is 1.33. The first-order valence-electron chi connectivity index (χ1n) is 6.46. The third-order valence-electron chi connectivity index (χ3n) is 2.52. The van der Waals surface area contributed by atoms with Crippen LogP contribution in [-0.2, 0) is 0 Å². The minimum absolute atomic E-state index is 0.189. The molecular formula is C14H24BrN3. The van der Waals surface area contributed by atoms with Crippen molar-refractivity contribution in [2.45, 2.75) is 52.6 Å². The van der Waals surface area contributed by atoms with Gasteiger partial charge in [-0.2, -0.15) is 5.10 Å². The molecule has 18 heavy (non-hydrogen) atoms. The Labute approximate surface area is 119 Å². The van der Waals surface area contributed by atoms with Gasteiger partial charge < -0.3 is 5.32 Å². The van der Waals surface area contributed by atoms with E-state index in [-0.39, 0.29) is 5.54 Å². The fourth-order valence-electron chi connectivity index (χ4n) is 1.64. The maximum absolute atomic E-state index is 4.36. The van der Waals surface area contributed by atoms with Gasteiger partial charge in [0.1, 0.15) is 0 Å². The molecule has 1 rings (SSSR count). The first-order valence-corrected chi connectivity index (χ1v) is 7.25. The lowest BCUT2D eigenvalue weighted by Gasteiger charge is -2.19. The first-order chi connectivity index (χ1) is 8.31. The molecule has 0 atom stereocenters. The van der Waals surface area contributed by atoms with E-state index in [0.717, 1.165) is 23.1 Å². The van der Waals surface area contributed by atoms with Crippen LogP contribution >= 0.6 is 15.9 Å². The van der Waals surface area contributed by atoms with Gasteiger partial charge >= 0.3 is 0 Å². The van der Waals surface area contributed by atoms with Gasteiger partial charge in [0.2, 0.25) is 0 Å². The van der Waals surface area contributed by atoms with Crippen molar-refractivity contribution in [1.29, 1.82) is 0 Å². The zero-order chi connectivity index (χ0) is 13.8. The number of nitrogens with zero attached hydrogens (tertiary/aromatic N) is 2. The summed E-state index contributed by atoms with van der Waals surface area (Å²) < 4.78 is 3.08. The van der Waals surface area contributed by atoms with Gasteiger partial charge in [0, 0.05) is 11.6 Å². The molecule has 0 unspecified atom stereocenters. The lowest BCUT2D eigenvalue weighted by atomic mass is 10.1. The number of nitrogens with one attached hydrogen (secondary N) is 1. The van der Waals surface area contributed by atoms with Crippen LogP contribution in [0, 0.1) is 0 Å². The molecule has 1 aromatic rings. The predicted octanol–water partition coefficient (Wildman–Crippen LogP) is 4.02.